The molecule has 0 saturated carbocycles. The lowest BCUT2D eigenvalue weighted by Gasteiger charge is -1.80. The van der Waals surface area contributed by atoms with Crippen LogP contribution in [0.25, 0.3) is 0 Å². The van der Waals surface area contributed by atoms with Crippen LogP contribution >= 0.6 is 0 Å². The minimum Gasteiger partial charge on any atom is -0.396 e. The van der Waals surface area contributed by atoms with E-state index in [9.17, 15) is 0 Å². The standard InChI is InChI=1S/C4H10O.C3H4N4/c1-2-3-4-5;4-3-1-2-5-7-6-3/h5H,2-4H2,1H3;1-2H,(H2,4,5,6). The summed E-state index contributed by atoms with van der Waals surface area (Å²) < 4.78 is 0. The Morgan fingerprint density at radius 2 is 2.33 bits per heavy atom. The maximum absolute atomic E-state index is 8.07. The van der Waals surface area contributed by atoms with Crippen molar-refractivity contribution in [2.24, 2.45) is 0 Å². The Kier molecular flexibility index (Phi) is 7.07. The van der Waals surface area contributed by atoms with Crippen LogP contribution in [-0.4, -0.2) is 27.1 Å². The number of aliphatic hydroxyl groups excluding tert-OH is 1. The summed E-state index contributed by atoms with van der Waals surface area (Å²) in [5.74, 6) is 0.398. The van der Waals surface area contributed by atoms with Gasteiger partial charge in [-0.15, -0.1) is 10.2 Å². The van der Waals surface area contributed by atoms with Crippen molar-refractivity contribution in [2.45, 2.75) is 19.8 Å². The molecule has 0 aliphatic heterocycles. The lowest BCUT2D eigenvalue weighted by molar-refractivity contribution is 0.287. The number of aromatic nitrogens is 3. The molecule has 3 N–H and O–H groups in total. The van der Waals surface area contributed by atoms with Crippen molar-refractivity contribution in [3.8, 4) is 0 Å². The first kappa shape index (κ1) is 10.8. The van der Waals surface area contributed by atoms with E-state index in [1.165, 1.54) is 6.20 Å². The third-order valence-electron chi connectivity index (χ3n) is 1.04. The average molecular weight is 170 g/mol. The summed E-state index contributed by atoms with van der Waals surface area (Å²) in [6.45, 7) is 2.40. The summed E-state index contributed by atoms with van der Waals surface area (Å²) >= 11 is 0. The van der Waals surface area contributed by atoms with E-state index in [1.54, 1.807) is 6.07 Å². The van der Waals surface area contributed by atoms with Crippen LogP contribution in [-0.2, 0) is 0 Å². The molecule has 0 aromatic carbocycles. The number of rotatable bonds is 2. The van der Waals surface area contributed by atoms with Gasteiger partial charge in [0.05, 0.1) is 6.20 Å². The van der Waals surface area contributed by atoms with Crippen LogP contribution in [0.5, 0.6) is 0 Å². The maximum Gasteiger partial charge on any atom is 0.149 e. The molecule has 0 saturated heterocycles. The van der Waals surface area contributed by atoms with Crippen molar-refractivity contribution in [3.63, 3.8) is 0 Å². The van der Waals surface area contributed by atoms with Gasteiger partial charge in [-0.25, -0.2) is 0 Å². The fraction of sp³-hybridized carbons (Fsp3) is 0.571. The topological polar surface area (TPSA) is 84.9 Å². The Balaban J connectivity index is 0.000000217. The van der Waals surface area contributed by atoms with Gasteiger partial charge in [0.15, 0.2) is 0 Å². The first-order valence-corrected chi connectivity index (χ1v) is 3.82. The zero-order valence-corrected chi connectivity index (χ0v) is 7.14. The van der Waals surface area contributed by atoms with Gasteiger partial charge in [-0.3, -0.25) is 0 Å². The Hall–Kier alpha value is -1.23. The van der Waals surface area contributed by atoms with E-state index >= 15 is 0 Å². The number of hydrogen-bond acceptors (Lipinski definition) is 5. The zero-order valence-electron chi connectivity index (χ0n) is 7.14. The number of nitrogens with two attached hydrogens (primary N) is 1. The highest BCUT2D eigenvalue weighted by Crippen LogP contribution is 1.83. The zero-order chi connectivity index (χ0) is 9.23. The monoisotopic (exact) mass is 170 g/mol. The summed E-state index contributed by atoms with van der Waals surface area (Å²) in [7, 11) is 0. The molecule has 0 aliphatic rings. The fourth-order valence-electron chi connectivity index (χ4n) is 0.408. The molecule has 0 atom stereocenters. The molecule has 5 heteroatoms. The van der Waals surface area contributed by atoms with Gasteiger partial charge in [-0.2, -0.15) is 0 Å². The van der Waals surface area contributed by atoms with Crippen molar-refractivity contribution >= 4 is 5.82 Å². The Bertz CT molecular complexity index is 178. The van der Waals surface area contributed by atoms with Crippen LogP contribution in [0.1, 0.15) is 19.8 Å². The highest BCUT2D eigenvalue weighted by atomic mass is 16.2. The van der Waals surface area contributed by atoms with E-state index in [1.807, 2.05) is 0 Å². The number of hydrogen-bond donors (Lipinski definition) is 2. The van der Waals surface area contributed by atoms with Crippen LogP contribution in [0.3, 0.4) is 0 Å². The fourth-order valence-corrected chi connectivity index (χ4v) is 0.408. The number of nitrogens with zero attached hydrogens (tertiary/aromatic N) is 3. The molecular formula is C7H14N4O. The lowest BCUT2D eigenvalue weighted by atomic mass is 10.4. The van der Waals surface area contributed by atoms with E-state index < -0.39 is 0 Å². The van der Waals surface area contributed by atoms with E-state index in [4.69, 9.17) is 10.8 Å². The predicted molar refractivity (Wildman–Crippen MR) is 46.2 cm³/mol. The van der Waals surface area contributed by atoms with Crippen molar-refractivity contribution in [1.82, 2.24) is 15.4 Å². The van der Waals surface area contributed by atoms with Gasteiger partial charge < -0.3 is 10.8 Å². The number of unbranched alkanes of at least 4 members (excludes halogenated alkanes) is 1. The second-order valence-electron chi connectivity index (χ2n) is 2.12. The Morgan fingerprint density at radius 1 is 1.58 bits per heavy atom. The molecule has 1 aromatic rings. The molecule has 5 nitrogen and oxygen atoms in total. The second kappa shape index (κ2) is 7.87. The van der Waals surface area contributed by atoms with Crippen LogP contribution in [0, 0.1) is 0 Å². The van der Waals surface area contributed by atoms with Gasteiger partial charge in [-0.05, 0) is 11.6 Å². The highest BCUT2D eigenvalue weighted by molar-refractivity contribution is 5.21. The third-order valence-corrected chi connectivity index (χ3v) is 1.04. The smallest absolute Gasteiger partial charge is 0.149 e. The van der Waals surface area contributed by atoms with Gasteiger partial charge >= 0.3 is 0 Å². The molecule has 0 bridgehead atoms. The molecular weight excluding hydrogens is 156 g/mol. The average Bonchev–Trinajstić information content (AvgIpc) is 2.08. The quantitative estimate of drug-likeness (QED) is 0.663. The number of nitrogen functional groups attached to an aromatic ring is 1. The van der Waals surface area contributed by atoms with E-state index in [-0.39, 0.29) is 0 Å². The normalized spacial score (nSPS) is 8.50. The molecule has 0 radical (unpaired) electrons. The van der Waals surface area contributed by atoms with Crippen LogP contribution in [0.15, 0.2) is 12.3 Å². The van der Waals surface area contributed by atoms with Crippen molar-refractivity contribution in [3.05, 3.63) is 12.3 Å². The summed E-state index contributed by atoms with van der Waals surface area (Å²) in [6, 6.07) is 1.58. The molecule has 1 rings (SSSR count). The number of aliphatic hydroxyl groups is 1. The molecule has 68 valence electrons. The van der Waals surface area contributed by atoms with Crippen LogP contribution in [0.4, 0.5) is 5.82 Å². The summed E-state index contributed by atoms with van der Waals surface area (Å²) in [6.07, 6.45) is 3.53. The predicted octanol–water partition coefficient (Wildman–Crippen LogP) is 0.233. The van der Waals surface area contributed by atoms with E-state index in [0.717, 1.165) is 12.8 Å². The maximum atomic E-state index is 8.07. The van der Waals surface area contributed by atoms with Gasteiger partial charge in [-0.1, -0.05) is 13.3 Å². The van der Waals surface area contributed by atoms with Crippen molar-refractivity contribution in [1.29, 1.82) is 0 Å². The summed E-state index contributed by atoms with van der Waals surface area (Å²) in [5.41, 5.74) is 5.14. The van der Waals surface area contributed by atoms with E-state index in [0.29, 0.717) is 12.4 Å². The molecule has 0 unspecified atom stereocenters. The van der Waals surface area contributed by atoms with Gasteiger partial charge in [0.25, 0.3) is 0 Å². The largest absolute Gasteiger partial charge is 0.396 e. The molecule has 12 heavy (non-hydrogen) atoms. The SMILES string of the molecule is CCCCO.Nc1ccnnn1. The third kappa shape index (κ3) is 6.88. The van der Waals surface area contributed by atoms with E-state index in [2.05, 4.69) is 22.3 Å². The first-order chi connectivity index (χ1) is 5.81. The molecule has 0 spiro atoms. The first-order valence-electron chi connectivity index (χ1n) is 3.82. The minimum absolute atomic E-state index is 0.344. The molecule has 0 aliphatic carbocycles. The lowest BCUT2D eigenvalue weighted by Crippen LogP contribution is -1.91. The van der Waals surface area contributed by atoms with Crippen LogP contribution < -0.4 is 5.73 Å². The van der Waals surface area contributed by atoms with Gasteiger partial charge in [0, 0.05) is 12.7 Å². The molecule has 1 aromatic heterocycles. The highest BCUT2D eigenvalue weighted by Gasteiger charge is 1.76. The molecule has 0 amide bonds. The summed E-state index contributed by atoms with van der Waals surface area (Å²) in [4.78, 5) is 0. The summed E-state index contributed by atoms with van der Waals surface area (Å²) in [5, 5.41) is 18.1. The second-order valence-corrected chi connectivity index (χ2v) is 2.12. The Labute approximate surface area is 71.6 Å². The van der Waals surface area contributed by atoms with Crippen LogP contribution in [0.2, 0.25) is 0 Å². The minimum atomic E-state index is 0.344. The Morgan fingerprint density at radius 3 is 2.50 bits per heavy atom. The molecule has 0 fully saturated rings. The number of anilines is 1. The molecule has 1 heterocycles. The van der Waals surface area contributed by atoms with Crippen molar-refractivity contribution < 1.29 is 5.11 Å². The van der Waals surface area contributed by atoms with Gasteiger partial charge in [0.1, 0.15) is 5.82 Å². The van der Waals surface area contributed by atoms with Gasteiger partial charge in [0.2, 0.25) is 0 Å². The van der Waals surface area contributed by atoms with Crippen molar-refractivity contribution in [2.75, 3.05) is 12.3 Å².